The van der Waals surface area contributed by atoms with Crippen LogP contribution in [0.15, 0.2) is 42.6 Å². The second kappa shape index (κ2) is 8.76. The van der Waals surface area contributed by atoms with E-state index in [1.54, 1.807) is 31.5 Å². The van der Waals surface area contributed by atoms with Crippen molar-refractivity contribution in [1.82, 2.24) is 4.98 Å². The summed E-state index contributed by atoms with van der Waals surface area (Å²) in [6.45, 7) is 4.09. The summed E-state index contributed by atoms with van der Waals surface area (Å²) in [5, 5.41) is 6.02. The molecule has 0 saturated carbocycles. The van der Waals surface area contributed by atoms with Gasteiger partial charge >= 0.3 is 0 Å². The van der Waals surface area contributed by atoms with Crippen molar-refractivity contribution in [1.29, 1.82) is 0 Å². The smallest absolute Gasteiger partial charge is 0.262 e. The monoisotopic (exact) mass is 329 g/mol. The molecule has 2 rings (SSSR count). The zero-order valence-corrected chi connectivity index (χ0v) is 14.2. The van der Waals surface area contributed by atoms with Crippen LogP contribution in [0.3, 0.4) is 0 Å². The first-order chi connectivity index (χ1) is 11.6. The van der Waals surface area contributed by atoms with E-state index in [1.807, 2.05) is 18.2 Å². The lowest BCUT2D eigenvalue weighted by molar-refractivity contribution is -0.118. The van der Waals surface area contributed by atoms with Crippen molar-refractivity contribution in [2.45, 2.75) is 26.3 Å². The quantitative estimate of drug-likeness (QED) is 0.777. The largest absolute Gasteiger partial charge is 0.493 e. The number of benzene rings is 1. The summed E-state index contributed by atoms with van der Waals surface area (Å²) in [4.78, 5) is 16.3. The maximum Gasteiger partial charge on any atom is 0.262 e. The average Bonchev–Trinajstić information content (AvgIpc) is 2.61. The molecule has 0 aliphatic carbocycles. The first-order valence-electron chi connectivity index (χ1n) is 7.90. The molecule has 1 aromatic heterocycles. The van der Waals surface area contributed by atoms with Gasteiger partial charge < -0.3 is 20.1 Å². The van der Waals surface area contributed by atoms with Crippen molar-refractivity contribution in [2.75, 3.05) is 24.4 Å². The van der Waals surface area contributed by atoms with Crippen LogP contribution < -0.4 is 20.1 Å². The van der Waals surface area contributed by atoms with E-state index in [4.69, 9.17) is 9.47 Å². The number of rotatable bonds is 8. The highest BCUT2D eigenvalue weighted by atomic mass is 16.5. The number of carbonyl (C=O) groups excluding carboxylic acids is 1. The van der Waals surface area contributed by atoms with Crippen molar-refractivity contribution in [3.63, 3.8) is 0 Å². The lowest BCUT2D eigenvalue weighted by Gasteiger charge is -2.13. The fraction of sp³-hybridized carbons (Fsp3) is 0.333. The highest BCUT2D eigenvalue weighted by Crippen LogP contribution is 2.25. The zero-order chi connectivity index (χ0) is 17.4. The maximum atomic E-state index is 12.0. The van der Waals surface area contributed by atoms with Gasteiger partial charge in [0.1, 0.15) is 5.82 Å². The van der Waals surface area contributed by atoms with Crippen LogP contribution in [0.4, 0.5) is 11.5 Å². The Morgan fingerprint density at radius 2 is 1.96 bits per heavy atom. The zero-order valence-electron chi connectivity index (χ0n) is 14.2. The number of aromatic nitrogens is 1. The third-order valence-electron chi connectivity index (χ3n) is 3.48. The van der Waals surface area contributed by atoms with Crippen molar-refractivity contribution in [3.8, 4) is 11.5 Å². The fourth-order valence-corrected chi connectivity index (χ4v) is 1.99. The number of nitrogens with zero attached hydrogens (tertiary/aromatic N) is 1. The standard InChI is InChI=1S/C18H23N3O3/c1-4-13(2)20-17-10-9-14(11-19-17)21-18(22)12-24-16-8-6-5-7-15(16)23-3/h5-11,13H,4,12H2,1-3H3,(H,19,20)(H,21,22). The molecule has 128 valence electrons. The van der Waals surface area contributed by atoms with E-state index in [0.29, 0.717) is 23.2 Å². The van der Waals surface area contributed by atoms with Crippen molar-refractivity contribution < 1.29 is 14.3 Å². The number of methoxy groups -OCH3 is 1. The van der Waals surface area contributed by atoms with Gasteiger partial charge in [-0.1, -0.05) is 19.1 Å². The molecule has 2 N–H and O–H groups in total. The normalized spacial score (nSPS) is 11.5. The van der Waals surface area contributed by atoms with E-state index in [1.165, 1.54) is 0 Å². The van der Waals surface area contributed by atoms with Gasteiger partial charge in [0.2, 0.25) is 0 Å². The van der Waals surface area contributed by atoms with Gasteiger partial charge in [0.05, 0.1) is 19.0 Å². The molecule has 6 heteroatoms. The number of pyridine rings is 1. The Bertz CT molecular complexity index is 659. The molecule has 0 fully saturated rings. The lowest BCUT2D eigenvalue weighted by atomic mass is 10.2. The van der Waals surface area contributed by atoms with Gasteiger partial charge in [-0.05, 0) is 37.6 Å². The third kappa shape index (κ3) is 5.15. The molecule has 1 aromatic carbocycles. The number of hydrogen-bond donors (Lipinski definition) is 2. The summed E-state index contributed by atoms with van der Waals surface area (Å²) in [6, 6.07) is 11.2. The molecular formula is C18H23N3O3. The second-order valence-corrected chi connectivity index (χ2v) is 5.37. The number of ether oxygens (including phenoxy) is 2. The molecule has 0 spiro atoms. The molecule has 0 aliphatic heterocycles. The molecule has 6 nitrogen and oxygen atoms in total. The molecule has 2 aromatic rings. The van der Waals surface area contributed by atoms with Crippen LogP contribution in [0.25, 0.3) is 0 Å². The molecule has 1 unspecified atom stereocenters. The number of anilines is 2. The predicted octanol–water partition coefficient (Wildman–Crippen LogP) is 3.32. The Morgan fingerprint density at radius 1 is 1.21 bits per heavy atom. The van der Waals surface area contributed by atoms with E-state index in [-0.39, 0.29) is 12.5 Å². The molecule has 24 heavy (non-hydrogen) atoms. The number of carbonyl (C=O) groups is 1. The summed E-state index contributed by atoms with van der Waals surface area (Å²) in [5.74, 6) is 1.65. The van der Waals surface area contributed by atoms with Gasteiger partial charge in [0, 0.05) is 6.04 Å². The molecular weight excluding hydrogens is 306 g/mol. The molecule has 1 amide bonds. The van der Waals surface area contributed by atoms with Crippen LogP contribution >= 0.6 is 0 Å². The molecule has 1 heterocycles. The summed E-state index contributed by atoms with van der Waals surface area (Å²) < 4.78 is 10.7. The Kier molecular flexibility index (Phi) is 6.42. The summed E-state index contributed by atoms with van der Waals surface area (Å²) >= 11 is 0. The average molecular weight is 329 g/mol. The third-order valence-corrected chi connectivity index (χ3v) is 3.48. The fourth-order valence-electron chi connectivity index (χ4n) is 1.99. The minimum absolute atomic E-state index is 0.104. The van der Waals surface area contributed by atoms with Crippen LogP contribution in [0.5, 0.6) is 11.5 Å². The molecule has 0 radical (unpaired) electrons. The van der Waals surface area contributed by atoms with Gasteiger partial charge in [-0.25, -0.2) is 4.98 Å². The maximum absolute atomic E-state index is 12.0. The van der Waals surface area contributed by atoms with Crippen molar-refractivity contribution in [3.05, 3.63) is 42.6 Å². The first-order valence-corrected chi connectivity index (χ1v) is 7.90. The summed E-state index contributed by atoms with van der Waals surface area (Å²) in [5.41, 5.74) is 0.623. The molecule has 1 atom stereocenters. The SMILES string of the molecule is CCC(C)Nc1ccc(NC(=O)COc2ccccc2OC)cn1. The summed E-state index contributed by atoms with van der Waals surface area (Å²) in [6.07, 6.45) is 2.63. The lowest BCUT2D eigenvalue weighted by Crippen LogP contribution is -2.20. The number of para-hydroxylation sites is 2. The number of nitrogens with one attached hydrogen (secondary N) is 2. The number of hydrogen-bond acceptors (Lipinski definition) is 5. The summed E-state index contributed by atoms with van der Waals surface area (Å²) in [7, 11) is 1.56. The first kappa shape index (κ1) is 17.6. The van der Waals surface area contributed by atoms with Gasteiger partial charge in [0.25, 0.3) is 5.91 Å². The van der Waals surface area contributed by atoms with Crippen molar-refractivity contribution >= 4 is 17.4 Å². The predicted molar refractivity (Wildman–Crippen MR) is 94.7 cm³/mol. The highest BCUT2D eigenvalue weighted by Gasteiger charge is 2.08. The van der Waals surface area contributed by atoms with Gasteiger partial charge in [-0.3, -0.25) is 4.79 Å². The number of amides is 1. The van der Waals surface area contributed by atoms with Gasteiger partial charge in [-0.15, -0.1) is 0 Å². The van der Waals surface area contributed by atoms with E-state index in [9.17, 15) is 4.79 Å². The van der Waals surface area contributed by atoms with Crippen molar-refractivity contribution in [2.24, 2.45) is 0 Å². The molecule has 0 aliphatic rings. The Balaban J connectivity index is 1.86. The Hall–Kier alpha value is -2.76. The minimum Gasteiger partial charge on any atom is -0.493 e. The Morgan fingerprint density at radius 3 is 2.58 bits per heavy atom. The highest BCUT2D eigenvalue weighted by molar-refractivity contribution is 5.91. The van der Waals surface area contributed by atoms with Crippen LogP contribution in [0.1, 0.15) is 20.3 Å². The van der Waals surface area contributed by atoms with Crippen LogP contribution in [-0.2, 0) is 4.79 Å². The van der Waals surface area contributed by atoms with Crippen LogP contribution in [-0.4, -0.2) is 30.6 Å². The van der Waals surface area contributed by atoms with E-state index >= 15 is 0 Å². The van der Waals surface area contributed by atoms with E-state index in [0.717, 1.165) is 12.2 Å². The van der Waals surface area contributed by atoms with Gasteiger partial charge in [-0.2, -0.15) is 0 Å². The topological polar surface area (TPSA) is 72.5 Å². The Labute approximate surface area is 142 Å². The molecule has 0 bridgehead atoms. The molecule has 0 saturated heterocycles. The van der Waals surface area contributed by atoms with Gasteiger partial charge in [0.15, 0.2) is 18.1 Å². The second-order valence-electron chi connectivity index (χ2n) is 5.37. The van der Waals surface area contributed by atoms with Crippen LogP contribution in [0.2, 0.25) is 0 Å². The van der Waals surface area contributed by atoms with E-state index in [2.05, 4.69) is 29.5 Å². The van der Waals surface area contributed by atoms with Crippen LogP contribution in [0, 0.1) is 0 Å². The minimum atomic E-state index is -0.259. The van der Waals surface area contributed by atoms with E-state index < -0.39 is 0 Å².